The molecule has 2 unspecified atom stereocenters. The van der Waals surface area contributed by atoms with Crippen molar-refractivity contribution >= 4 is 12.0 Å². The number of carbonyl (C=O) groups excluding carboxylic acids is 1. The fraction of sp³-hybridized carbons (Fsp3) is 0.222. The maximum atomic E-state index is 11.6. The predicted octanol–water partition coefficient (Wildman–Crippen LogP) is 5.54. The molecule has 0 amide bonds. The summed E-state index contributed by atoms with van der Waals surface area (Å²) < 4.78 is 4.94. The molecule has 3 aromatic rings. The minimum absolute atomic E-state index is 0.136. The first-order valence-corrected chi connectivity index (χ1v) is 10.6. The summed E-state index contributed by atoms with van der Waals surface area (Å²) in [6.07, 6.45) is 5.05. The molecule has 1 aliphatic carbocycles. The number of rotatable bonds is 5. The number of hydrogen-bond donors (Lipinski definition) is 2. The van der Waals surface area contributed by atoms with Crippen molar-refractivity contribution in [2.75, 3.05) is 6.61 Å². The van der Waals surface area contributed by atoms with Gasteiger partial charge in [0.2, 0.25) is 0 Å². The summed E-state index contributed by atoms with van der Waals surface area (Å²) in [4.78, 5) is 11.6. The average Bonchev–Trinajstić information content (AvgIpc) is 2.78. The number of hydrogen-bond acceptors (Lipinski definition) is 4. The van der Waals surface area contributed by atoms with Crippen LogP contribution < -0.4 is 0 Å². The number of benzene rings is 3. The van der Waals surface area contributed by atoms with E-state index in [1.54, 1.807) is 31.2 Å². The number of ether oxygens (including phenoxy) is 1. The van der Waals surface area contributed by atoms with Gasteiger partial charge in [-0.05, 0) is 83.8 Å². The fourth-order valence-electron chi connectivity index (χ4n) is 4.47. The van der Waals surface area contributed by atoms with Crippen LogP contribution in [0.1, 0.15) is 53.0 Å². The Kier molecular flexibility index (Phi) is 6.08. The second-order valence-corrected chi connectivity index (χ2v) is 7.85. The Balaban J connectivity index is 1.69. The maximum absolute atomic E-state index is 11.6. The molecular weight excluding hydrogens is 388 g/mol. The molecule has 2 N–H and O–H groups in total. The van der Waals surface area contributed by atoms with E-state index in [0.29, 0.717) is 12.4 Å². The summed E-state index contributed by atoms with van der Waals surface area (Å²) in [6, 6.07) is 21.3. The molecule has 0 saturated carbocycles. The van der Waals surface area contributed by atoms with Crippen LogP contribution in [0.2, 0.25) is 0 Å². The Morgan fingerprint density at radius 1 is 0.968 bits per heavy atom. The van der Waals surface area contributed by atoms with Crippen molar-refractivity contribution in [1.29, 1.82) is 0 Å². The molecular formula is C27H26O4. The summed E-state index contributed by atoms with van der Waals surface area (Å²) >= 11 is 0. The zero-order valence-electron chi connectivity index (χ0n) is 17.5. The first-order chi connectivity index (χ1) is 15.0. The molecule has 0 aromatic heterocycles. The number of aromatic hydroxyl groups is 2. The molecule has 1 aliphatic rings. The van der Waals surface area contributed by atoms with Gasteiger partial charge in [0.15, 0.2) is 0 Å². The lowest BCUT2D eigenvalue weighted by Gasteiger charge is -2.35. The summed E-state index contributed by atoms with van der Waals surface area (Å²) in [6.45, 7) is 2.14. The number of esters is 1. The van der Waals surface area contributed by atoms with Crippen LogP contribution in [0.25, 0.3) is 6.08 Å². The van der Waals surface area contributed by atoms with E-state index in [2.05, 4.69) is 12.1 Å². The number of phenols is 2. The second kappa shape index (κ2) is 9.09. The Hall–Kier alpha value is -3.53. The quantitative estimate of drug-likeness (QED) is 0.425. The highest BCUT2D eigenvalue weighted by atomic mass is 16.5. The first kappa shape index (κ1) is 20.7. The lowest BCUT2D eigenvalue weighted by atomic mass is 9.69. The van der Waals surface area contributed by atoms with E-state index in [4.69, 9.17) is 4.74 Å². The molecule has 4 rings (SSSR count). The van der Waals surface area contributed by atoms with Crippen molar-refractivity contribution in [1.82, 2.24) is 0 Å². The van der Waals surface area contributed by atoms with Gasteiger partial charge in [-0.15, -0.1) is 0 Å². The SMILES string of the molecule is CCOC(=O)C=Cc1ccc(C2c3ccc(O)cc3CCC2c2ccc(O)cc2)cc1. The minimum atomic E-state index is -0.347. The summed E-state index contributed by atoms with van der Waals surface area (Å²) in [5.74, 6) is 0.606. The molecule has 31 heavy (non-hydrogen) atoms. The van der Waals surface area contributed by atoms with E-state index in [1.807, 2.05) is 36.4 Å². The molecule has 0 spiro atoms. The van der Waals surface area contributed by atoms with Gasteiger partial charge < -0.3 is 14.9 Å². The first-order valence-electron chi connectivity index (χ1n) is 10.6. The van der Waals surface area contributed by atoms with Crippen molar-refractivity contribution in [3.63, 3.8) is 0 Å². The van der Waals surface area contributed by atoms with E-state index in [-0.39, 0.29) is 23.6 Å². The van der Waals surface area contributed by atoms with Crippen molar-refractivity contribution in [2.45, 2.75) is 31.6 Å². The Bertz CT molecular complexity index is 1080. The lowest BCUT2D eigenvalue weighted by molar-refractivity contribution is -0.137. The topological polar surface area (TPSA) is 66.8 Å². The average molecular weight is 415 g/mol. The third kappa shape index (κ3) is 4.64. The van der Waals surface area contributed by atoms with E-state index in [1.165, 1.54) is 28.3 Å². The van der Waals surface area contributed by atoms with Gasteiger partial charge in [-0.3, -0.25) is 0 Å². The van der Waals surface area contributed by atoms with Gasteiger partial charge in [0.1, 0.15) is 11.5 Å². The Morgan fingerprint density at radius 2 is 1.65 bits per heavy atom. The third-order valence-electron chi connectivity index (χ3n) is 5.90. The predicted molar refractivity (Wildman–Crippen MR) is 121 cm³/mol. The molecule has 0 radical (unpaired) electrons. The number of fused-ring (bicyclic) bond motifs is 1. The highest BCUT2D eigenvalue weighted by molar-refractivity contribution is 5.87. The van der Waals surface area contributed by atoms with Gasteiger partial charge in [0.05, 0.1) is 6.61 Å². The van der Waals surface area contributed by atoms with Gasteiger partial charge in [-0.2, -0.15) is 0 Å². The highest BCUT2D eigenvalue weighted by Gasteiger charge is 2.32. The molecule has 2 atom stereocenters. The van der Waals surface area contributed by atoms with Gasteiger partial charge in [0, 0.05) is 12.0 Å². The second-order valence-electron chi connectivity index (χ2n) is 7.85. The van der Waals surface area contributed by atoms with Crippen molar-refractivity contribution in [3.05, 3.63) is 101 Å². The van der Waals surface area contributed by atoms with Crippen LogP contribution in [0, 0.1) is 0 Å². The highest BCUT2D eigenvalue weighted by Crippen LogP contribution is 2.47. The number of phenolic OH excluding ortho intramolecular Hbond substituents is 2. The largest absolute Gasteiger partial charge is 0.508 e. The molecule has 0 heterocycles. The van der Waals surface area contributed by atoms with E-state index < -0.39 is 0 Å². The normalized spacial score (nSPS) is 18.0. The van der Waals surface area contributed by atoms with Gasteiger partial charge in [-0.1, -0.05) is 42.5 Å². The summed E-state index contributed by atoms with van der Waals surface area (Å²) in [5, 5.41) is 19.7. The molecule has 0 aliphatic heterocycles. The van der Waals surface area contributed by atoms with Crippen LogP contribution in [-0.2, 0) is 16.0 Å². The molecule has 0 fully saturated rings. The summed E-state index contributed by atoms with van der Waals surface area (Å²) in [5.41, 5.74) is 5.69. The summed E-state index contributed by atoms with van der Waals surface area (Å²) in [7, 11) is 0. The van der Waals surface area contributed by atoms with Crippen LogP contribution in [0.3, 0.4) is 0 Å². The number of aryl methyl sites for hydroxylation is 1. The lowest BCUT2D eigenvalue weighted by Crippen LogP contribution is -2.20. The molecule has 4 heteroatoms. The van der Waals surface area contributed by atoms with Crippen LogP contribution in [0.5, 0.6) is 11.5 Å². The van der Waals surface area contributed by atoms with E-state index in [0.717, 1.165) is 18.4 Å². The van der Waals surface area contributed by atoms with Gasteiger partial charge in [-0.25, -0.2) is 4.79 Å². The van der Waals surface area contributed by atoms with E-state index >= 15 is 0 Å². The standard InChI is InChI=1S/C27H26O4/c1-2-31-26(30)16-5-18-3-6-20(7-4-18)27-24(19-8-11-22(28)12-9-19)14-10-21-17-23(29)13-15-25(21)27/h3-9,11-13,15-17,24,27-29H,2,10,14H2,1H3. The molecule has 4 nitrogen and oxygen atoms in total. The molecule has 0 bridgehead atoms. The zero-order chi connectivity index (χ0) is 21.8. The van der Waals surface area contributed by atoms with Crippen LogP contribution in [0.4, 0.5) is 0 Å². The van der Waals surface area contributed by atoms with Gasteiger partial charge >= 0.3 is 5.97 Å². The van der Waals surface area contributed by atoms with Crippen molar-refractivity contribution in [3.8, 4) is 11.5 Å². The maximum Gasteiger partial charge on any atom is 0.330 e. The molecule has 3 aromatic carbocycles. The zero-order valence-corrected chi connectivity index (χ0v) is 17.5. The van der Waals surface area contributed by atoms with Gasteiger partial charge in [0.25, 0.3) is 0 Å². The van der Waals surface area contributed by atoms with Crippen molar-refractivity contribution in [2.24, 2.45) is 0 Å². The smallest absolute Gasteiger partial charge is 0.330 e. The minimum Gasteiger partial charge on any atom is -0.508 e. The van der Waals surface area contributed by atoms with Crippen LogP contribution in [-0.4, -0.2) is 22.8 Å². The fourth-order valence-corrected chi connectivity index (χ4v) is 4.47. The van der Waals surface area contributed by atoms with Crippen molar-refractivity contribution < 1.29 is 19.7 Å². The molecule has 0 saturated heterocycles. The van der Waals surface area contributed by atoms with Crippen LogP contribution >= 0.6 is 0 Å². The number of carbonyl (C=O) groups is 1. The van der Waals surface area contributed by atoms with E-state index in [9.17, 15) is 15.0 Å². The Morgan fingerprint density at radius 3 is 2.35 bits per heavy atom. The monoisotopic (exact) mass is 414 g/mol. The van der Waals surface area contributed by atoms with Crippen LogP contribution in [0.15, 0.2) is 72.8 Å². The molecule has 158 valence electrons. The third-order valence-corrected chi connectivity index (χ3v) is 5.90. The Labute approximate surface area is 182 Å².